The van der Waals surface area contributed by atoms with Gasteiger partial charge in [0, 0.05) is 6.54 Å². The lowest BCUT2D eigenvalue weighted by Crippen LogP contribution is -2.39. The van der Waals surface area contributed by atoms with Crippen molar-refractivity contribution >= 4 is 27.6 Å². The zero-order chi connectivity index (χ0) is 13.0. The molecule has 1 aromatic heterocycles. The number of nitrogens with zero attached hydrogens (tertiary/aromatic N) is 2. The molecule has 100 valence electrons. The van der Waals surface area contributed by atoms with E-state index in [9.17, 15) is 5.11 Å². The van der Waals surface area contributed by atoms with E-state index in [-0.39, 0.29) is 12.1 Å². The van der Waals surface area contributed by atoms with E-state index in [1.807, 2.05) is 6.92 Å². The smallest absolute Gasteiger partial charge is 0.146 e. The van der Waals surface area contributed by atoms with Crippen LogP contribution in [-0.2, 0) is 0 Å². The molecule has 0 radical (unpaired) electrons. The molecule has 0 amide bonds. The van der Waals surface area contributed by atoms with Gasteiger partial charge >= 0.3 is 0 Å². The maximum atomic E-state index is 9.60. The van der Waals surface area contributed by atoms with Crippen molar-refractivity contribution < 1.29 is 5.11 Å². The van der Waals surface area contributed by atoms with E-state index in [1.165, 1.54) is 6.33 Å². The van der Waals surface area contributed by atoms with Crippen molar-refractivity contribution in [3.63, 3.8) is 0 Å². The number of hydrogen-bond donors (Lipinski definition) is 3. The fourth-order valence-electron chi connectivity index (χ4n) is 2.37. The Morgan fingerprint density at radius 2 is 2.00 bits per heavy atom. The lowest BCUT2D eigenvalue weighted by molar-refractivity contribution is 0.213. The van der Waals surface area contributed by atoms with Gasteiger partial charge in [0.05, 0.1) is 12.1 Å². The summed E-state index contributed by atoms with van der Waals surface area (Å²) >= 11 is 3.51. The average Bonchev–Trinajstić information content (AvgIpc) is 2.84. The Balaban J connectivity index is 2.20. The molecule has 5 nitrogen and oxygen atoms in total. The summed E-state index contributed by atoms with van der Waals surface area (Å²) < 4.78 is 0.826. The third-order valence-corrected chi connectivity index (χ3v) is 4.13. The van der Waals surface area contributed by atoms with Gasteiger partial charge in [-0.25, -0.2) is 9.97 Å². The van der Waals surface area contributed by atoms with Crippen molar-refractivity contribution in [1.29, 1.82) is 0 Å². The van der Waals surface area contributed by atoms with Crippen molar-refractivity contribution in [2.24, 2.45) is 0 Å². The van der Waals surface area contributed by atoms with Crippen LogP contribution in [0.2, 0.25) is 0 Å². The second-order valence-corrected chi connectivity index (χ2v) is 5.48. The molecular formula is C12H19BrN4O. The molecule has 1 aliphatic rings. The molecule has 2 rings (SSSR count). The Bertz CT molecular complexity index is 407. The fourth-order valence-corrected chi connectivity index (χ4v) is 2.82. The quantitative estimate of drug-likeness (QED) is 0.778. The molecule has 1 aliphatic carbocycles. The van der Waals surface area contributed by atoms with Gasteiger partial charge in [-0.3, -0.25) is 0 Å². The molecule has 6 heteroatoms. The maximum absolute atomic E-state index is 9.60. The summed E-state index contributed by atoms with van der Waals surface area (Å²) in [6.45, 7) is 2.97. The number of anilines is 2. The van der Waals surface area contributed by atoms with Crippen LogP contribution in [0.3, 0.4) is 0 Å². The largest absolute Gasteiger partial charge is 0.394 e. The van der Waals surface area contributed by atoms with E-state index in [1.54, 1.807) is 0 Å². The van der Waals surface area contributed by atoms with Gasteiger partial charge < -0.3 is 15.7 Å². The summed E-state index contributed by atoms with van der Waals surface area (Å²) in [7, 11) is 0. The van der Waals surface area contributed by atoms with Gasteiger partial charge in [-0.15, -0.1) is 0 Å². The Morgan fingerprint density at radius 1 is 1.33 bits per heavy atom. The molecule has 0 aromatic carbocycles. The van der Waals surface area contributed by atoms with Gasteiger partial charge in [0.1, 0.15) is 22.4 Å². The van der Waals surface area contributed by atoms with E-state index < -0.39 is 0 Å². The van der Waals surface area contributed by atoms with Gasteiger partial charge in [0.2, 0.25) is 0 Å². The highest BCUT2D eigenvalue weighted by molar-refractivity contribution is 9.10. The first-order valence-electron chi connectivity index (χ1n) is 6.34. The molecule has 1 fully saturated rings. The van der Waals surface area contributed by atoms with Crippen molar-refractivity contribution in [3.8, 4) is 0 Å². The summed E-state index contributed by atoms with van der Waals surface area (Å²) in [6.07, 6.45) is 5.80. The highest BCUT2D eigenvalue weighted by atomic mass is 79.9. The third kappa shape index (κ3) is 2.75. The molecule has 1 heterocycles. The van der Waals surface area contributed by atoms with Gasteiger partial charge in [-0.2, -0.15) is 0 Å². The predicted molar refractivity (Wildman–Crippen MR) is 75.8 cm³/mol. The van der Waals surface area contributed by atoms with E-state index >= 15 is 0 Å². The van der Waals surface area contributed by atoms with Crippen LogP contribution in [-0.4, -0.2) is 33.8 Å². The SMILES string of the molecule is CCNc1ncnc(NC2(CO)CCCC2)c1Br. The number of aromatic nitrogens is 2. The third-order valence-electron chi connectivity index (χ3n) is 3.38. The fraction of sp³-hybridized carbons (Fsp3) is 0.667. The van der Waals surface area contributed by atoms with Crippen molar-refractivity contribution in [3.05, 3.63) is 10.8 Å². The number of hydrogen-bond acceptors (Lipinski definition) is 5. The molecule has 0 spiro atoms. The predicted octanol–water partition coefficient (Wildman–Crippen LogP) is 2.39. The number of halogens is 1. The van der Waals surface area contributed by atoms with Crippen LogP contribution in [0.15, 0.2) is 10.8 Å². The Morgan fingerprint density at radius 3 is 2.61 bits per heavy atom. The van der Waals surface area contributed by atoms with Crippen LogP contribution >= 0.6 is 15.9 Å². The number of aliphatic hydroxyl groups excluding tert-OH is 1. The van der Waals surface area contributed by atoms with Crippen molar-refractivity contribution in [1.82, 2.24) is 9.97 Å². The van der Waals surface area contributed by atoms with Crippen LogP contribution in [0.5, 0.6) is 0 Å². The molecule has 18 heavy (non-hydrogen) atoms. The number of aliphatic hydroxyl groups is 1. The summed E-state index contributed by atoms with van der Waals surface area (Å²) in [4.78, 5) is 8.44. The second-order valence-electron chi connectivity index (χ2n) is 4.69. The molecule has 1 aromatic rings. The normalized spacial score (nSPS) is 17.7. The first kappa shape index (κ1) is 13.5. The van der Waals surface area contributed by atoms with E-state index in [0.29, 0.717) is 0 Å². The lowest BCUT2D eigenvalue weighted by Gasteiger charge is -2.29. The summed E-state index contributed by atoms with van der Waals surface area (Å²) in [5, 5.41) is 16.2. The number of rotatable bonds is 5. The minimum absolute atomic E-state index is 0.139. The second kappa shape index (κ2) is 5.84. The van der Waals surface area contributed by atoms with Crippen LogP contribution in [0.25, 0.3) is 0 Å². The van der Waals surface area contributed by atoms with Gasteiger partial charge in [-0.05, 0) is 35.7 Å². The highest BCUT2D eigenvalue weighted by Crippen LogP contribution is 2.35. The van der Waals surface area contributed by atoms with E-state index in [2.05, 4.69) is 36.5 Å². The zero-order valence-electron chi connectivity index (χ0n) is 10.5. The first-order valence-corrected chi connectivity index (χ1v) is 7.13. The molecular weight excluding hydrogens is 296 g/mol. The lowest BCUT2D eigenvalue weighted by atomic mass is 9.99. The van der Waals surface area contributed by atoms with Crippen molar-refractivity contribution in [2.45, 2.75) is 38.1 Å². The molecule has 1 saturated carbocycles. The summed E-state index contributed by atoms with van der Waals surface area (Å²) in [5.41, 5.74) is -0.222. The molecule has 0 saturated heterocycles. The molecule has 0 aliphatic heterocycles. The van der Waals surface area contributed by atoms with Crippen molar-refractivity contribution in [2.75, 3.05) is 23.8 Å². The van der Waals surface area contributed by atoms with Crippen LogP contribution in [0.1, 0.15) is 32.6 Å². The summed E-state index contributed by atoms with van der Waals surface area (Å²) in [5.74, 6) is 1.53. The number of nitrogens with one attached hydrogen (secondary N) is 2. The Labute approximate surface area is 116 Å². The Kier molecular flexibility index (Phi) is 4.40. The van der Waals surface area contributed by atoms with Crippen LogP contribution in [0, 0.1) is 0 Å². The van der Waals surface area contributed by atoms with Gasteiger partial charge in [0.25, 0.3) is 0 Å². The first-order chi connectivity index (χ1) is 8.71. The standard InChI is InChI=1S/C12H19BrN4O/c1-2-14-10-9(13)11(16-8-15-10)17-12(7-18)5-3-4-6-12/h8,18H,2-7H2,1H3,(H2,14,15,16,17). The summed E-state index contributed by atoms with van der Waals surface area (Å²) in [6, 6.07) is 0. The maximum Gasteiger partial charge on any atom is 0.146 e. The minimum atomic E-state index is -0.222. The van der Waals surface area contributed by atoms with Gasteiger partial charge in [-0.1, -0.05) is 12.8 Å². The topological polar surface area (TPSA) is 70.1 Å². The molecule has 0 unspecified atom stereocenters. The average molecular weight is 315 g/mol. The van der Waals surface area contributed by atoms with E-state index in [4.69, 9.17) is 0 Å². The van der Waals surface area contributed by atoms with Crippen LogP contribution in [0.4, 0.5) is 11.6 Å². The molecule has 0 atom stereocenters. The zero-order valence-corrected chi connectivity index (χ0v) is 12.1. The monoisotopic (exact) mass is 314 g/mol. The van der Waals surface area contributed by atoms with Gasteiger partial charge in [0.15, 0.2) is 0 Å². The minimum Gasteiger partial charge on any atom is -0.394 e. The molecule has 0 bridgehead atoms. The highest BCUT2D eigenvalue weighted by Gasteiger charge is 2.34. The molecule has 3 N–H and O–H groups in total. The van der Waals surface area contributed by atoms with Crippen LogP contribution < -0.4 is 10.6 Å². The Hall–Kier alpha value is -0.880. The van der Waals surface area contributed by atoms with E-state index in [0.717, 1.165) is 48.3 Å².